The number of nitrogens with zero attached hydrogens (tertiary/aromatic N) is 3. The lowest BCUT2D eigenvalue weighted by molar-refractivity contribution is -0.136. The van der Waals surface area contributed by atoms with Gasteiger partial charge in [-0.2, -0.15) is 0 Å². The fourth-order valence-corrected chi connectivity index (χ4v) is 2.45. The molecule has 2 aromatic heterocycles. The second-order valence-electron chi connectivity index (χ2n) is 4.19. The van der Waals surface area contributed by atoms with Crippen LogP contribution in [0.5, 0.6) is 0 Å². The maximum absolute atomic E-state index is 10.5. The van der Waals surface area contributed by atoms with E-state index in [2.05, 4.69) is 9.97 Å². The van der Waals surface area contributed by atoms with Gasteiger partial charge in [0, 0.05) is 25.0 Å². The van der Waals surface area contributed by atoms with Gasteiger partial charge in [-0.25, -0.2) is 4.98 Å². The van der Waals surface area contributed by atoms with Gasteiger partial charge >= 0.3 is 5.97 Å². The predicted octanol–water partition coefficient (Wildman–Crippen LogP) is 2.19. The predicted molar refractivity (Wildman–Crippen MR) is 74.4 cm³/mol. The largest absolute Gasteiger partial charge is 0.481 e. The zero-order valence-corrected chi connectivity index (χ0v) is 11.4. The molecule has 0 aromatic carbocycles. The summed E-state index contributed by atoms with van der Waals surface area (Å²) in [5, 5.41) is 11.4. The van der Waals surface area contributed by atoms with Crippen molar-refractivity contribution in [1.29, 1.82) is 0 Å². The third kappa shape index (κ3) is 4.03. The van der Waals surface area contributed by atoms with Crippen LogP contribution in [0, 0.1) is 0 Å². The number of aryl methyl sites for hydroxylation is 1. The van der Waals surface area contributed by atoms with Crippen molar-refractivity contribution in [3.63, 3.8) is 0 Å². The third-order valence-electron chi connectivity index (χ3n) is 2.59. The highest BCUT2D eigenvalue weighted by Gasteiger charge is 2.09. The van der Waals surface area contributed by atoms with Crippen LogP contribution in [0.15, 0.2) is 29.8 Å². The van der Waals surface area contributed by atoms with Gasteiger partial charge in [-0.1, -0.05) is 6.07 Å². The molecule has 0 aliphatic carbocycles. The molecule has 100 valence electrons. The number of hydrogen-bond donors (Lipinski definition) is 1. The molecule has 6 heteroatoms. The van der Waals surface area contributed by atoms with Crippen LogP contribution in [-0.2, 0) is 17.8 Å². The number of carboxylic acid groups (broad SMARTS) is 1. The quantitative estimate of drug-likeness (QED) is 0.876. The van der Waals surface area contributed by atoms with Crippen LogP contribution in [0.3, 0.4) is 0 Å². The zero-order valence-electron chi connectivity index (χ0n) is 10.6. The molecule has 0 atom stereocenters. The van der Waals surface area contributed by atoms with Crippen LogP contribution in [0.4, 0.5) is 5.13 Å². The van der Waals surface area contributed by atoms with E-state index in [9.17, 15) is 4.79 Å². The summed E-state index contributed by atoms with van der Waals surface area (Å²) >= 11 is 1.52. The molecular formula is C13H15N3O2S. The fraction of sp³-hybridized carbons (Fsp3) is 0.308. The van der Waals surface area contributed by atoms with Crippen molar-refractivity contribution in [2.45, 2.75) is 19.4 Å². The molecule has 0 radical (unpaired) electrons. The lowest BCUT2D eigenvalue weighted by atomic mass is 10.2. The van der Waals surface area contributed by atoms with Gasteiger partial charge in [-0.15, -0.1) is 11.3 Å². The molecule has 5 nitrogen and oxygen atoms in total. The number of anilines is 1. The monoisotopic (exact) mass is 277 g/mol. The maximum Gasteiger partial charge on any atom is 0.303 e. The first kappa shape index (κ1) is 13.5. The second-order valence-corrected chi connectivity index (χ2v) is 5.03. The number of aromatic nitrogens is 2. The summed E-state index contributed by atoms with van der Waals surface area (Å²) in [7, 11) is 1.95. The molecule has 2 rings (SSSR count). The van der Waals surface area contributed by atoms with E-state index in [1.807, 2.05) is 35.5 Å². The summed E-state index contributed by atoms with van der Waals surface area (Å²) < 4.78 is 0. The highest BCUT2D eigenvalue weighted by molar-refractivity contribution is 7.13. The van der Waals surface area contributed by atoms with Crippen LogP contribution >= 0.6 is 11.3 Å². The number of carboxylic acids is 1. The molecule has 0 aliphatic rings. The fourth-order valence-electron chi connectivity index (χ4n) is 1.62. The Morgan fingerprint density at radius 3 is 2.95 bits per heavy atom. The van der Waals surface area contributed by atoms with E-state index in [4.69, 9.17) is 5.11 Å². The van der Waals surface area contributed by atoms with Gasteiger partial charge in [0.05, 0.1) is 24.4 Å². The summed E-state index contributed by atoms with van der Waals surface area (Å²) in [6.07, 6.45) is 2.36. The van der Waals surface area contributed by atoms with Crippen LogP contribution in [0.1, 0.15) is 17.8 Å². The van der Waals surface area contributed by atoms with E-state index in [0.717, 1.165) is 16.5 Å². The van der Waals surface area contributed by atoms with Crippen LogP contribution in [-0.4, -0.2) is 28.1 Å². The van der Waals surface area contributed by atoms with E-state index in [1.165, 1.54) is 11.3 Å². The molecule has 0 amide bonds. The van der Waals surface area contributed by atoms with Crippen molar-refractivity contribution in [3.05, 3.63) is 41.2 Å². The average Bonchev–Trinajstić information content (AvgIpc) is 2.86. The first-order valence-corrected chi connectivity index (χ1v) is 6.80. The van der Waals surface area contributed by atoms with E-state index in [1.54, 1.807) is 6.20 Å². The molecule has 2 heterocycles. The normalized spacial score (nSPS) is 10.4. The Morgan fingerprint density at radius 1 is 1.42 bits per heavy atom. The molecule has 0 unspecified atom stereocenters. The molecule has 2 aromatic rings. The van der Waals surface area contributed by atoms with Crippen LogP contribution in [0.25, 0.3) is 0 Å². The first-order chi connectivity index (χ1) is 9.15. The molecule has 0 saturated carbocycles. The van der Waals surface area contributed by atoms with Gasteiger partial charge in [0.25, 0.3) is 0 Å². The van der Waals surface area contributed by atoms with Crippen LogP contribution in [0.2, 0.25) is 0 Å². The van der Waals surface area contributed by atoms with E-state index < -0.39 is 5.97 Å². The first-order valence-electron chi connectivity index (χ1n) is 5.92. The number of rotatable bonds is 6. The Kier molecular flexibility index (Phi) is 4.46. The zero-order chi connectivity index (χ0) is 13.7. The lowest BCUT2D eigenvalue weighted by Crippen LogP contribution is -2.16. The standard InChI is InChI=1S/C13H15N3O2S/c1-16(8-10-4-2-3-7-14-10)13-15-11(9-19-13)5-6-12(17)18/h2-4,7,9H,5-6,8H2,1H3,(H,17,18). The van der Waals surface area contributed by atoms with Gasteiger partial charge in [0.1, 0.15) is 0 Å². The SMILES string of the molecule is CN(Cc1ccccn1)c1nc(CCC(=O)O)cs1. The van der Waals surface area contributed by atoms with Crippen molar-refractivity contribution < 1.29 is 9.90 Å². The number of carbonyl (C=O) groups is 1. The molecule has 0 fully saturated rings. The average molecular weight is 277 g/mol. The van der Waals surface area contributed by atoms with Gasteiger partial charge < -0.3 is 10.0 Å². The van der Waals surface area contributed by atoms with Crippen molar-refractivity contribution in [1.82, 2.24) is 9.97 Å². The highest BCUT2D eigenvalue weighted by atomic mass is 32.1. The number of hydrogen-bond acceptors (Lipinski definition) is 5. The summed E-state index contributed by atoms with van der Waals surface area (Å²) in [5.41, 5.74) is 1.81. The molecule has 0 bridgehead atoms. The molecule has 0 spiro atoms. The Hall–Kier alpha value is -1.95. The maximum atomic E-state index is 10.5. The Labute approximate surface area is 115 Å². The third-order valence-corrected chi connectivity index (χ3v) is 3.59. The summed E-state index contributed by atoms with van der Waals surface area (Å²) in [6.45, 7) is 0.687. The van der Waals surface area contributed by atoms with Crippen molar-refractivity contribution in [2.75, 3.05) is 11.9 Å². The van der Waals surface area contributed by atoms with Crippen molar-refractivity contribution in [3.8, 4) is 0 Å². The van der Waals surface area contributed by atoms with Crippen molar-refractivity contribution in [2.24, 2.45) is 0 Å². The highest BCUT2D eigenvalue weighted by Crippen LogP contribution is 2.21. The molecule has 0 saturated heterocycles. The summed E-state index contributed by atoms with van der Waals surface area (Å²) in [4.78, 5) is 21.2. The minimum Gasteiger partial charge on any atom is -0.481 e. The molecule has 19 heavy (non-hydrogen) atoms. The molecule has 0 aliphatic heterocycles. The van der Waals surface area contributed by atoms with Gasteiger partial charge in [-0.05, 0) is 12.1 Å². The van der Waals surface area contributed by atoms with Crippen molar-refractivity contribution >= 4 is 22.4 Å². The Bertz CT molecular complexity index is 542. The van der Waals surface area contributed by atoms with Gasteiger partial charge in [-0.3, -0.25) is 9.78 Å². The lowest BCUT2D eigenvalue weighted by Gasteiger charge is -2.14. The number of thiazole rings is 1. The van der Waals surface area contributed by atoms with Gasteiger partial charge in [0.15, 0.2) is 5.13 Å². The van der Waals surface area contributed by atoms with E-state index >= 15 is 0 Å². The summed E-state index contributed by atoms with van der Waals surface area (Å²) in [5.74, 6) is -0.795. The number of pyridine rings is 1. The van der Waals surface area contributed by atoms with Crippen LogP contribution < -0.4 is 4.90 Å². The minimum absolute atomic E-state index is 0.118. The molecule has 1 N–H and O–H groups in total. The summed E-state index contributed by atoms with van der Waals surface area (Å²) in [6, 6.07) is 5.81. The van der Waals surface area contributed by atoms with E-state index in [0.29, 0.717) is 13.0 Å². The molecular weight excluding hydrogens is 262 g/mol. The Balaban J connectivity index is 1.96. The number of aliphatic carboxylic acids is 1. The van der Waals surface area contributed by atoms with Gasteiger partial charge in [0.2, 0.25) is 0 Å². The minimum atomic E-state index is -0.795. The Morgan fingerprint density at radius 2 is 2.26 bits per heavy atom. The smallest absolute Gasteiger partial charge is 0.303 e. The van der Waals surface area contributed by atoms with E-state index in [-0.39, 0.29) is 6.42 Å². The topological polar surface area (TPSA) is 66.3 Å². The second kappa shape index (κ2) is 6.29.